The number of alkyl carbamates (subject to hydrolysis) is 1. The van der Waals surface area contributed by atoms with E-state index in [2.05, 4.69) is 17.6 Å². The number of carbonyl (C=O) groups is 3. The van der Waals surface area contributed by atoms with E-state index in [9.17, 15) is 14.4 Å². The zero-order valence-corrected chi connectivity index (χ0v) is 29.0. The summed E-state index contributed by atoms with van der Waals surface area (Å²) in [6.07, 6.45) is 20.6. The molecule has 0 bridgehead atoms. The maximum absolute atomic E-state index is 12.9. The third-order valence-electron chi connectivity index (χ3n) is 7.90. The van der Waals surface area contributed by atoms with Crippen LogP contribution in [-0.2, 0) is 32.3 Å². The zero-order valence-electron chi connectivity index (χ0n) is 28.1. The van der Waals surface area contributed by atoms with Gasteiger partial charge in [0.2, 0.25) is 5.91 Å². The van der Waals surface area contributed by atoms with Crippen LogP contribution in [0.2, 0.25) is 0 Å². The highest BCUT2D eigenvalue weighted by Crippen LogP contribution is 2.15. The predicted molar refractivity (Wildman–Crippen MR) is 190 cm³/mol. The summed E-state index contributed by atoms with van der Waals surface area (Å²) in [6, 6.07) is 17.9. The van der Waals surface area contributed by atoms with Gasteiger partial charge in [0.15, 0.2) is 0 Å². The third kappa shape index (κ3) is 20.9. The van der Waals surface area contributed by atoms with Crippen molar-refractivity contribution in [3.8, 4) is 0 Å². The standard InChI is InChI=1S/C38H58N2O5S/c1-2-3-4-5-6-7-8-9-10-11-12-13-14-15-16-23-28-46-32-35(40-38(43)45-31-34-26-21-18-22-27-34)37(42)39-29-36(41)44-30-33-24-19-17-20-25-33/h17-22,24-27,35H,2-16,23,28-32H2,1H3,(H,39,42)(H,40,43)/t35-/m1/s1. The summed E-state index contributed by atoms with van der Waals surface area (Å²) in [5.41, 5.74) is 1.73. The van der Waals surface area contributed by atoms with Crippen molar-refractivity contribution in [3.05, 3.63) is 71.8 Å². The smallest absolute Gasteiger partial charge is 0.408 e. The van der Waals surface area contributed by atoms with Gasteiger partial charge in [-0.05, 0) is 23.3 Å². The summed E-state index contributed by atoms with van der Waals surface area (Å²) in [5.74, 6) is 0.322. The molecule has 0 aromatic heterocycles. The van der Waals surface area contributed by atoms with Crippen molar-refractivity contribution in [2.45, 2.75) is 129 Å². The van der Waals surface area contributed by atoms with Crippen molar-refractivity contribution < 1.29 is 23.9 Å². The van der Waals surface area contributed by atoms with Crippen LogP contribution in [0.25, 0.3) is 0 Å². The first kappa shape index (κ1) is 39.2. The molecular weight excluding hydrogens is 596 g/mol. The molecule has 0 spiro atoms. The molecule has 0 radical (unpaired) electrons. The van der Waals surface area contributed by atoms with Gasteiger partial charge in [-0.15, -0.1) is 0 Å². The van der Waals surface area contributed by atoms with Crippen LogP contribution in [0.5, 0.6) is 0 Å². The van der Waals surface area contributed by atoms with Gasteiger partial charge in [-0.1, -0.05) is 164 Å². The average Bonchev–Trinajstić information content (AvgIpc) is 3.08. The molecule has 0 aliphatic heterocycles. The van der Waals surface area contributed by atoms with Crippen LogP contribution >= 0.6 is 11.8 Å². The van der Waals surface area contributed by atoms with E-state index in [1.807, 2.05) is 60.7 Å². The van der Waals surface area contributed by atoms with Gasteiger partial charge < -0.3 is 20.1 Å². The van der Waals surface area contributed by atoms with Crippen molar-refractivity contribution in [2.24, 2.45) is 0 Å². The first-order valence-corrected chi connectivity index (χ1v) is 18.8. The molecule has 0 heterocycles. The van der Waals surface area contributed by atoms with Crippen molar-refractivity contribution in [1.82, 2.24) is 10.6 Å². The largest absolute Gasteiger partial charge is 0.460 e. The Labute approximate surface area is 282 Å². The van der Waals surface area contributed by atoms with Crippen LogP contribution < -0.4 is 10.6 Å². The molecule has 2 amide bonds. The Morgan fingerprint density at radius 1 is 0.630 bits per heavy atom. The van der Waals surface area contributed by atoms with E-state index in [4.69, 9.17) is 9.47 Å². The van der Waals surface area contributed by atoms with Crippen LogP contribution in [0.3, 0.4) is 0 Å². The van der Waals surface area contributed by atoms with Gasteiger partial charge in [0.1, 0.15) is 25.8 Å². The fraction of sp³-hybridized carbons (Fsp3) is 0.605. The normalized spacial score (nSPS) is 11.5. The highest BCUT2D eigenvalue weighted by Gasteiger charge is 2.22. The fourth-order valence-corrected chi connectivity index (χ4v) is 6.16. The van der Waals surface area contributed by atoms with Crippen LogP contribution in [0.4, 0.5) is 4.79 Å². The lowest BCUT2D eigenvalue weighted by molar-refractivity contribution is -0.145. The second-order valence-electron chi connectivity index (χ2n) is 12.0. The van der Waals surface area contributed by atoms with E-state index in [-0.39, 0.29) is 19.8 Å². The van der Waals surface area contributed by atoms with Crippen molar-refractivity contribution in [3.63, 3.8) is 0 Å². The minimum atomic E-state index is -0.823. The fourth-order valence-electron chi connectivity index (χ4n) is 5.11. The van der Waals surface area contributed by atoms with Crippen LogP contribution in [0.15, 0.2) is 60.7 Å². The number of benzene rings is 2. The van der Waals surface area contributed by atoms with Crippen LogP contribution in [0, 0.1) is 0 Å². The molecule has 7 nitrogen and oxygen atoms in total. The molecule has 2 aromatic rings. The lowest BCUT2D eigenvalue weighted by Crippen LogP contribution is -2.49. The maximum Gasteiger partial charge on any atom is 0.408 e. The van der Waals surface area contributed by atoms with Gasteiger partial charge in [-0.25, -0.2) is 4.79 Å². The van der Waals surface area contributed by atoms with E-state index in [0.29, 0.717) is 5.75 Å². The highest BCUT2D eigenvalue weighted by atomic mass is 32.2. The third-order valence-corrected chi connectivity index (χ3v) is 9.04. The lowest BCUT2D eigenvalue weighted by atomic mass is 10.0. The van der Waals surface area contributed by atoms with E-state index in [1.54, 1.807) is 11.8 Å². The monoisotopic (exact) mass is 654 g/mol. The van der Waals surface area contributed by atoms with Gasteiger partial charge >= 0.3 is 12.1 Å². The molecule has 256 valence electrons. The first-order valence-electron chi connectivity index (χ1n) is 17.6. The number of carbonyl (C=O) groups excluding carboxylic acids is 3. The first-order chi connectivity index (χ1) is 22.6. The zero-order chi connectivity index (χ0) is 32.9. The van der Waals surface area contributed by atoms with Gasteiger partial charge in [0.05, 0.1) is 0 Å². The average molecular weight is 655 g/mol. The molecule has 0 fully saturated rings. The number of unbranched alkanes of at least 4 members (excludes halogenated alkanes) is 15. The molecule has 2 aromatic carbocycles. The Morgan fingerprint density at radius 2 is 1.09 bits per heavy atom. The molecule has 0 saturated carbocycles. The Morgan fingerprint density at radius 3 is 1.59 bits per heavy atom. The molecule has 0 saturated heterocycles. The molecule has 1 atom stereocenters. The topological polar surface area (TPSA) is 93.7 Å². The molecule has 2 rings (SSSR count). The van der Waals surface area contributed by atoms with Gasteiger partial charge in [0.25, 0.3) is 0 Å². The molecule has 46 heavy (non-hydrogen) atoms. The summed E-state index contributed by atoms with van der Waals surface area (Å²) in [7, 11) is 0. The maximum atomic E-state index is 12.9. The van der Waals surface area contributed by atoms with Crippen molar-refractivity contribution in [2.75, 3.05) is 18.1 Å². The molecule has 0 aliphatic carbocycles. The molecule has 0 aliphatic rings. The molecular formula is C38H58N2O5S. The van der Waals surface area contributed by atoms with E-state index < -0.39 is 24.0 Å². The number of rotatable bonds is 27. The SMILES string of the molecule is CCCCCCCCCCCCCCCCCCSC[C@@H](NC(=O)OCc1ccccc1)C(=O)NCC(=O)OCc1ccccc1. The second kappa shape index (κ2) is 27.1. The number of ether oxygens (including phenoxy) is 2. The number of thioether (sulfide) groups is 1. The van der Waals surface area contributed by atoms with Crippen LogP contribution in [-0.4, -0.2) is 42.1 Å². The molecule has 0 unspecified atom stereocenters. The summed E-state index contributed by atoms with van der Waals surface area (Å²) < 4.78 is 10.6. The minimum absolute atomic E-state index is 0.110. The summed E-state index contributed by atoms with van der Waals surface area (Å²) in [6.45, 7) is 2.25. The van der Waals surface area contributed by atoms with Gasteiger partial charge in [-0.3, -0.25) is 9.59 Å². The van der Waals surface area contributed by atoms with Gasteiger partial charge in [0, 0.05) is 5.75 Å². The molecule has 2 N–H and O–H groups in total. The summed E-state index contributed by atoms with van der Waals surface area (Å²) >= 11 is 1.63. The number of hydrogen-bond acceptors (Lipinski definition) is 6. The predicted octanol–water partition coefficient (Wildman–Crippen LogP) is 9.14. The highest BCUT2D eigenvalue weighted by molar-refractivity contribution is 7.99. The second-order valence-corrected chi connectivity index (χ2v) is 13.2. The Balaban J connectivity index is 1.59. The van der Waals surface area contributed by atoms with E-state index in [0.717, 1.165) is 23.3 Å². The minimum Gasteiger partial charge on any atom is -0.460 e. The Hall–Kier alpha value is -3.00. The Kier molecular flexibility index (Phi) is 23.1. The summed E-state index contributed by atoms with van der Waals surface area (Å²) in [4.78, 5) is 37.7. The number of amides is 2. The number of esters is 1. The lowest BCUT2D eigenvalue weighted by Gasteiger charge is -2.18. The summed E-state index contributed by atoms with van der Waals surface area (Å²) in [5, 5.41) is 5.29. The van der Waals surface area contributed by atoms with E-state index in [1.165, 1.54) is 96.3 Å². The van der Waals surface area contributed by atoms with E-state index >= 15 is 0 Å². The number of hydrogen-bond donors (Lipinski definition) is 2. The van der Waals surface area contributed by atoms with Gasteiger partial charge in [-0.2, -0.15) is 11.8 Å². The Bertz CT molecular complexity index is 1050. The quantitative estimate of drug-likeness (QED) is 0.0737. The van der Waals surface area contributed by atoms with Crippen molar-refractivity contribution in [1.29, 1.82) is 0 Å². The van der Waals surface area contributed by atoms with Crippen LogP contribution in [0.1, 0.15) is 121 Å². The van der Waals surface area contributed by atoms with Crippen molar-refractivity contribution >= 4 is 29.7 Å². The molecule has 8 heteroatoms. The number of nitrogens with one attached hydrogen (secondary N) is 2.